The number of carbonyl (C=O) groups excluding carboxylic acids is 1. The van der Waals surface area contributed by atoms with Crippen molar-refractivity contribution >= 4 is 11.8 Å². The van der Waals surface area contributed by atoms with Gasteiger partial charge in [-0.25, -0.2) is 0 Å². The molecule has 1 aliphatic rings. The van der Waals surface area contributed by atoms with Crippen LogP contribution in [-0.4, -0.2) is 16.9 Å². The Morgan fingerprint density at radius 3 is 2.67 bits per heavy atom. The van der Waals surface area contributed by atoms with Crippen LogP contribution in [0.15, 0.2) is 0 Å². The summed E-state index contributed by atoms with van der Waals surface area (Å²) in [5, 5.41) is 8.71. The minimum Gasteiger partial charge on any atom is -0.481 e. The molecule has 0 spiro atoms. The summed E-state index contributed by atoms with van der Waals surface area (Å²) >= 11 is 0. The highest BCUT2D eigenvalue weighted by molar-refractivity contribution is 5.96. The predicted molar refractivity (Wildman–Crippen MR) is 43.7 cm³/mol. The van der Waals surface area contributed by atoms with Crippen LogP contribution in [-0.2, 0) is 9.59 Å². The molecule has 1 saturated carbocycles. The SMILES string of the molecule is CC[C@H](C)[C@@H]1C(=O)C[C@H]1C(=O)O. The summed E-state index contributed by atoms with van der Waals surface area (Å²) in [6.45, 7) is 3.92. The normalized spacial score (nSPS) is 31.0. The van der Waals surface area contributed by atoms with E-state index in [0.717, 1.165) is 6.42 Å². The maximum atomic E-state index is 11.1. The number of ketones is 1. The molecule has 1 fully saturated rings. The minimum atomic E-state index is -0.820. The number of hydrogen-bond acceptors (Lipinski definition) is 2. The van der Waals surface area contributed by atoms with E-state index in [0.29, 0.717) is 0 Å². The zero-order chi connectivity index (χ0) is 9.30. The molecule has 12 heavy (non-hydrogen) atoms. The van der Waals surface area contributed by atoms with Gasteiger partial charge in [0.05, 0.1) is 5.92 Å². The Hall–Kier alpha value is -0.860. The van der Waals surface area contributed by atoms with Crippen LogP contribution in [0, 0.1) is 17.8 Å². The van der Waals surface area contributed by atoms with Crippen molar-refractivity contribution in [3.63, 3.8) is 0 Å². The van der Waals surface area contributed by atoms with E-state index < -0.39 is 11.9 Å². The van der Waals surface area contributed by atoms with Gasteiger partial charge in [0.25, 0.3) is 0 Å². The molecule has 0 saturated heterocycles. The van der Waals surface area contributed by atoms with Crippen LogP contribution in [0.25, 0.3) is 0 Å². The van der Waals surface area contributed by atoms with E-state index in [-0.39, 0.29) is 24.0 Å². The number of carbonyl (C=O) groups is 2. The lowest BCUT2D eigenvalue weighted by atomic mass is 9.66. The second kappa shape index (κ2) is 3.25. The Morgan fingerprint density at radius 2 is 2.33 bits per heavy atom. The number of hydrogen-bond donors (Lipinski definition) is 1. The Bertz CT molecular complexity index is 210. The molecule has 0 bridgehead atoms. The molecule has 0 heterocycles. The standard InChI is InChI=1S/C9H14O3/c1-3-5(2)8-6(9(11)12)4-7(8)10/h5-6,8H,3-4H2,1-2H3,(H,11,12)/t5-,6+,8-/m0/s1. The summed E-state index contributed by atoms with van der Waals surface area (Å²) < 4.78 is 0. The summed E-state index contributed by atoms with van der Waals surface area (Å²) in [5.74, 6) is -1.11. The van der Waals surface area contributed by atoms with Crippen LogP contribution >= 0.6 is 0 Å². The molecule has 0 amide bonds. The van der Waals surface area contributed by atoms with Crippen molar-refractivity contribution < 1.29 is 14.7 Å². The van der Waals surface area contributed by atoms with Crippen molar-refractivity contribution in [2.24, 2.45) is 17.8 Å². The molecule has 3 atom stereocenters. The van der Waals surface area contributed by atoms with Gasteiger partial charge in [-0.15, -0.1) is 0 Å². The topological polar surface area (TPSA) is 54.4 Å². The number of Topliss-reactive ketones (excluding diaryl/α,β-unsaturated/α-hetero) is 1. The second-order valence-corrected chi connectivity index (χ2v) is 3.53. The van der Waals surface area contributed by atoms with Gasteiger partial charge in [-0.1, -0.05) is 20.3 Å². The van der Waals surface area contributed by atoms with E-state index in [2.05, 4.69) is 0 Å². The lowest BCUT2D eigenvalue weighted by Gasteiger charge is -2.35. The van der Waals surface area contributed by atoms with Crippen LogP contribution in [0.5, 0.6) is 0 Å². The van der Waals surface area contributed by atoms with Gasteiger partial charge < -0.3 is 5.11 Å². The van der Waals surface area contributed by atoms with E-state index in [1.165, 1.54) is 0 Å². The molecular formula is C9H14O3. The average Bonchev–Trinajstić information content (AvgIpc) is 1.99. The Morgan fingerprint density at radius 1 is 1.75 bits per heavy atom. The van der Waals surface area contributed by atoms with Gasteiger partial charge in [0.1, 0.15) is 5.78 Å². The molecule has 0 aromatic carbocycles. The fourth-order valence-corrected chi connectivity index (χ4v) is 1.75. The molecule has 0 radical (unpaired) electrons. The van der Waals surface area contributed by atoms with E-state index in [4.69, 9.17) is 5.11 Å². The predicted octanol–water partition coefficient (Wildman–Crippen LogP) is 1.32. The highest BCUT2D eigenvalue weighted by atomic mass is 16.4. The Kier molecular flexibility index (Phi) is 2.50. The van der Waals surface area contributed by atoms with Crippen LogP contribution in [0.1, 0.15) is 26.7 Å². The first-order chi connectivity index (χ1) is 5.57. The Balaban J connectivity index is 2.61. The molecule has 3 heteroatoms. The van der Waals surface area contributed by atoms with Gasteiger partial charge in [-0.3, -0.25) is 9.59 Å². The van der Waals surface area contributed by atoms with Crippen molar-refractivity contribution in [2.45, 2.75) is 26.7 Å². The van der Waals surface area contributed by atoms with Crippen molar-refractivity contribution in [1.82, 2.24) is 0 Å². The summed E-state index contributed by atoms with van der Waals surface area (Å²) in [6, 6.07) is 0. The van der Waals surface area contributed by atoms with Gasteiger partial charge in [-0.2, -0.15) is 0 Å². The summed E-state index contributed by atoms with van der Waals surface area (Å²) in [6.07, 6.45) is 1.12. The van der Waals surface area contributed by atoms with Gasteiger partial charge in [0.15, 0.2) is 0 Å². The second-order valence-electron chi connectivity index (χ2n) is 3.53. The fourth-order valence-electron chi connectivity index (χ4n) is 1.75. The highest BCUT2D eigenvalue weighted by Crippen LogP contribution is 2.37. The zero-order valence-electron chi connectivity index (χ0n) is 7.41. The third-order valence-corrected chi connectivity index (χ3v) is 2.80. The van der Waals surface area contributed by atoms with E-state index >= 15 is 0 Å². The number of carboxylic acids is 1. The van der Waals surface area contributed by atoms with Crippen molar-refractivity contribution in [2.75, 3.05) is 0 Å². The number of rotatable bonds is 3. The van der Waals surface area contributed by atoms with E-state index in [1.807, 2.05) is 13.8 Å². The first-order valence-corrected chi connectivity index (χ1v) is 4.33. The van der Waals surface area contributed by atoms with Crippen LogP contribution in [0.2, 0.25) is 0 Å². The summed E-state index contributed by atoms with van der Waals surface area (Å²) in [4.78, 5) is 21.7. The van der Waals surface area contributed by atoms with Gasteiger partial charge in [0.2, 0.25) is 0 Å². The molecule has 0 unspecified atom stereocenters. The number of aliphatic carboxylic acids is 1. The van der Waals surface area contributed by atoms with Crippen molar-refractivity contribution in [1.29, 1.82) is 0 Å². The third kappa shape index (κ3) is 1.36. The molecule has 3 nitrogen and oxygen atoms in total. The van der Waals surface area contributed by atoms with Crippen molar-refractivity contribution in [3.05, 3.63) is 0 Å². The highest BCUT2D eigenvalue weighted by Gasteiger charge is 2.46. The van der Waals surface area contributed by atoms with Gasteiger partial charge in [0, 0.05) is 12.3 Å². The summed E-state index contributed by atoms with van der Waals surface area (Å²) in [5.41, 5.74) is 0. The van der Waals surface area contributed by atoms with Gasteiger partial charge >= 0.3 is 5.97 Å². The molecule has 0 aliphatic heterocycles. The third-order valence-electron chi connectivity index (χ3n) is 2.80. The molecular weight excluding hydrogens is 156 g/mol. The lowest BCUT2D eigenvalue weighted by Crippen LogP contribution is -2.45. The zero-order valence-corrected chi connectivity index (χ0v) is 7.41. The minimum absolute atomic E-state index is 0.122. The van der Waals surface area contributed by atoms with Crippen molar-refractivity contribution in [3.8, 4) is 0 Å². The molecule has 1 rings (SSSR count). The molecule has 0 aromatic heterocycles. The quantitative estimate of drug-likeness (QED) is 0.695. The summed E-state index contributed by atoms with van der Waals surface area (Å²) in [7, 11) is 0. The molecule has 68 valence electrons. The smallest absolute Gasteiger partial charge is 0.307 e. The van der Waals surface area contributed by atoms with Crippen LogP contribution in [0.4, 0.5) is 0 Å². The molecule has 1 N–H and O–H groups in total. The van der Waals surface area contributed by atoms with Crippen LogP contribution < -0.4 is 0 Å². The first-order valence-electron chi connectivity index (χ1n) is 4.33. The maximum absolute atomic E-state index is 11.1. The van der Waals surface area contributed by atoms with E-state index in [9.17, 15) is 9.59 Å². The largest absolute Gasteiger partial charge is 0.481 e. The fraction of sp³-hybridized carbons (Fsp3) is 0.778. The molecule has 0 aromatic rings. The first kappa shape index (κ1) is 9.23. The average molecular weight is 170 g/mol. The van der Waals surface area contributed by atoms with Gasteiger partial charge in [-0.05, 0) is 5.92 Å². The lowest BCUT2D eigenvalue weighted by molar-refractivity contribution is -0.157. The molecule has 1 aliphatic carbocycles. The monoisotopic (exact) mass is 170 g/mol. The van der Waals surface area contributed by atoms with Crippen LogP contribution in [0.3, 0.4) is 0 Å². The number of carboxylic acid groups (broad SMARTS) is 1. The van der Waals surface area contributed by atoms with E-state index in [1.54, 1.807) is 0 Å². The maximum Gasteiger partial charge on any atom is 0.307 e. The Labute approximate surface area is 71.8 Å².